The smallest absolute Gasteiger partial charge is 0.332 e. The average Bonchev–Trinajstić information content (AvgIpc) is 2.20. The van der Waals surface area contributed by atoms with Gasteiger partial charge in [0.1, 0.15) is 0 Å². The van der Waals surface area contributed by atoms with Crippen molar-refractivity contribution in [2.75, 3.05) is 0 Å². The Morgan fingerprint density at radius 1 is 0.778 bits per heavy atom. The van der Waals surface area contributed by atoms with E-state index in [1.54, 1.807) is 0 Å². The molecule has 0 saturated heterocycles. The maximum atomic E-state index is 11.2. The number of carboxylic acid groups (broad SMARTS) is 2. The van der Waals surface area contributed by atoms with E-state index in [0.717, 1.165) is 0 Å². The van der Waals surface area contributed by atoms with Gasteiger partial charge in [0.05, 0.1) is 0 Å². The SMILES string of the molecule is CC(C)CC/C(C(=O)O)=C(/CCC(C)C)C(=O)O. The minimum Gasteiger partial charge on any atom is -0.478 e. The fourth-order valence-electron chi connectivity index (χ4n) is 1.64. The highest BCUT2D eigenvalue weighted by Crippen LogP contribution is 2.21. The van der Waals surface area contributed by atoms with Gasteiger partial charge in [0, 0.05) is 11.1 Å². The van der Waals surface area contributed by atoms with E-state index >= 15 is 0 Å². The maximum absolute atomic E-state index is 11.2. The van der Waals surface area contributed by atoms with E-state index in [1.807, 2.05) is 27.7 Å². The molecule has 0 aromatic carbocycles. The predicted octanol–water partition coefficient (Wildman–Crippen LogP) is 3.32. The molecule has 0 rings (SSSR count). The van der Waals surface area contributed by atoms with Crippen LogP contribution in [-0.2, 0) is 9.59 Å². The third kappa shape index (κ3) is 6.42. The molecule has 0 amide bonds. The van der Waals surface area contributed by atoms with Crippen molar-refractivity contribution in [1.29, 1.82) is 0 Å². The van der Waals surface area contributed by atoms with Gasteiger partial charge >= 0.3 is 11.9 Å². The summed E-state index contributed by atoms with van der Waals surface area (Å²) >= 11 is 0. The Bertz CT molecular complexity index is 295. The maximum Gasteiger partial charge on any atom is 0.332 e. The van der Waals surface area contributed by atoms with Gasteiger partial charge in [-0.15, -0.1) is 0 Å². The van der Waals surface area contributed by atoms with Crippen molar-refractivity contribution < 1.29 is 19.8 Å². The van der Waals surface area contributed by atoms with Gasteiger partial charge < -0.3 is 10.2 Å². The first kappa shape index (κ1) is 16.7. The van der Waals surface area contributed by atoms with Crippen LogP contribution >= 0.6 is 0 Å². The van der Waals surface area contributed by atoms with Crippen molar-refractivity contribution >= 4 is 11.9 Å². The lowest BCUT2D eigenvalue weighted by atomic mass is 9.94. The lowest BCUT2D eigenvalue weighted by Crippen LogP contribution is -2.13. The molecule has 4 nitrogen and oxygen atoms in total. The largest absolute Gasteiger partial charge is 0.478 e. The average molecular weight is 256 g/mol. The molecule has 0 aliphatic rings. The summed E-state index contributed by atoms with van der Waals surface area (Å²) in [6, 6.07) is 0. The number of carboxylic acids is 2. The Kier molecular flexibility index (Phi) is 7.32. The van der Waals surface area contributed by atoms with Crippen LogP contribution in [0.25, 0.3) is 0 Å². The van der Waals surface area contributed by atoms with E-state index in [-0.39, 0.29) is 11.1 Å². The molecule has 18 heavy (non-hydrogen) atoms. The quantitative estimate of drug-likeness (QED) is 0.653. The van der Waals surface area contributed by atoms with Crippen molar-refractivity contribution in [2.24, 2.45) is 11.8 Å². The zero-order valence-electron chi connectivity index (χ0n) is 11.7. The number of hydrogen-bond donors (Lipinski definition) is 2. The van der Waals surface area contributed by atoms with Gasteiger partial charge in [-0.1, -0.05) is 27.7 Å². The molecule has 0 heterocycles. The van der Waals surface area contributed by atoms with Gasteiger partial charge in [-0.2, -0.15) is 0 Å². The molecule has 0 aromatic heterocycles. The summed E-state index contributed by atoms with van der Waals surface area (Å²) in [6.07, 6.45) is 2.04. The predicted molar refractivity (Wildman–Crippen MR) is 70.4 cm³/mol. The highest BCUT2D eigenvalue weighted by atomic mass is 16.4. The summed E-state index contributed by atoms with van der Waals surface area (Å²) in [4.78, 5) is 22.4. The lowest BCUT2D eigenvalue weighted by molar-refractivity contribution is -0.136. The summed E-state index contributed by atoms with van der Waals surface area (Å²) < 4.78 is 0. The first-order valence-electron chi connectivity index (χ1n) is 6.44. The molecule has 104 valence electrons. The van der Waals surface area contributed by atoms with Crippen molar-refractivity contribution in [3.05, 3.63) is 11.1 Å². The first-order chi connectivity index (χ1) is 8.25. The minimum absolute atomic E-state index is 0.0665. The molecule has 0 bridgehead atoms. The third-order valence-electron chi connectivity index (χ3n) is 2.82. The molecule has 0 aromatic rings. The van der Waals surface area contributed by atoms with E-state index < -0.39 is 11.9 Å². The fraction of sp³-hybridized carbons (Fsp3) is 0.714. The molecular weight excluding hydrogens is 232 g/mol. The Hall–Kier alpha value is -1.32. The van der Waals surface area contributed by atoms with E-state index in [0.29, 0.717) is 37.5 Å². The van der Waals surface area contributed by atoms with Gasteiger partial charge in [0.15, 0.2) is 0 Å². The van der Waals surface area contributed by atoms with E-state index in [1.165, 1.54) is 0 Å². The number of rotatable bonds is 8. The van der Waals surface area contributed by atoms with Gasteiger partial charge in [-0.05, 0) is 37.5 Å². The topological polar surface area (TPSA) is 74.6 Å². The summed E-state index contributed by atoms with van der Waals surface area (Å²) in [5.41, 5.74) is 0.133. The zero-order valence-corrected chi connectivity index (χ0v) is 11.7. The molecule has 0 fully saturated rings. The van der Waals surface area contributed by atoms with Gasteiger partial charge in [-0.3, -0.25) is 0 Å². The first-order valence-corrected chi connectivity index (χ1v) is 6.44. The van der Waals surface area contributed by atoms with Crippen LogP contribution in [0.2, 0.25) is 0 Å². The van der Waals surface area contributed by atoms with E-state index in [4.69, 9.17) is 10.2 Å². The van der Waals surface area contributed by atoms with Crippen LogP contribution in [-0.4, -0.2) is 22.2 Å². The van der Waals surface area contributed by atoms with Crippen molar-refractivity contribution in [3.63, 3.8) is 0 Å². The molecule has 0 radical (unpaired) electrons. The number of aliphatic carboxylic acids is 2. The monoisotopic (exact) mass is 256 g/mol. The standard InChI is InChI=1S/C14H24O4/c1-9(2)5-7-11(13(15)16)12(14(17)18)8-6-10(3)4/h9-10H,5-8H2,1-4H3,(H,15,16)(H,17,18)/b12-11+. The van der Waals surface area contributed by atoms with Gasteiger partial charge in [0.25, 0.3) is 0 Å². The van der Waals surface area contributed by atoms with Crippen molar-refractivity contribution in [2.45, 2.75) is 53.4 Å². The number of hydrogen-bond acceptors (Lipinski definition) is 2. The third-order valence-corrected chi connectivity index (χ3v) is 2.82. The molecule has 0 saturated carbocycles. The molecule has 4 heteroatoms. The highest BCUT2D eigenvalue weighted by Gasteiger charge is 2.20. The molecule has 0 aliphatic heterocycles. The fourth-order valence-corrected chi connectivity index (χ4v) is 1.64. The zero-order chi connectivity index (χ0) is 14.3. The molecule has 0 atom stereocenters. The molecule has 2 N–H and O–H groups in total. The Balaban J connectivity index is 5.04. The second kappa shape index (κ2) is 7.90. The van der Waals surface area contributed by atoms with Crippen LogP contribution in [0.5, 0.6) is 0 Å². The second-order valence-corrected chi connectivity index (χ2v) is 5.43. The van der Waals surface area contributed by atoms with Crippen LogP contribution < -0.4 is 0 Å². The Morgan fingerprint density at radius 2 is 1.06 bits per heavy atom. The van der Waals surface area contributed by atoms with E-state index in [9.17, 15) is 9.59 Å². The van der Waals surface area contributed by atoms with Crippen LogP contribution in [0.1, 0.15) is 53.4 Å². The molecule has 0 aliphatic carbocycles. The molecule has 0 spiro atoms. The summed E-state index contributed by atoms with van der Waals surface area (Å²) in [5.74, 6) is -1.48. The lowest BCUT2D eigenvalue weighted by Gasteiger charge is -2.11. The summed E-state index contributed by atoms with van der Waals surface area (Å²) in [7, 11) is 0. The van der Waals surface area contributed by atoms with Crippen LogP contribution in [0.3, 0.4) is 0 Å². The molecule has 0 unspecified atom stereocenters. The highest BCUT2D eigenvalue weighted by molar-refractivity contribution is 5.98. The van der Waals surface area contributed by atoms with E-state index in [2.05, 4.69) is 0 Å². The van der Waals surface area contributed by atoms with Gasteiger partial charge in [-0.25, -0.2) is 9.59 Å². The number of carbonyl (C=O) groups is 2. The van der Waals surface area contributed by atoms with Crippen molar-refractivity contribution in [1.82, 2.24) is 0 Å². The Morgan fingerprint density at radius 3 is 1.22 bits per heavy atom. The summed E-state index contributed by atoms with van der Waals surface area (Å²) in [6.45, 7) is 7.98. The normalized spacial score (nSPS) is 12.8. The molecular formula is C14H24O4. The van der Waals surface area contributed by atoms with Crippen LogP contribution in [0, 0.1) is 11.8 Å². The van der Waals surface area contributed by atoms with Gasteiger partial charge in [0.2, 0.25) is 0 Å². The van der Waals surface area contributed by atoms with Crippen molar-refractivity contribution in [3.8, 4) is 0 Å². The second-order valence-electron chi connectivity index (χ2n) is 5.43. The summed E-state index contributed by atoms with van der Waals surface area (Å²) in [5, 5.41) is 18.3. The van der Waals surface area contributed by atoms with Crippen LogP contribution in [0.15, 0.2) is 11.1 Å². The minimum atomic E-state index is -1.10. The Labute approximate surface area is 109 Å². The van der Waals surface area contributed by atoms with Crippen LogP contribution in [0.4, 0.5) is 0 Å².